The number of carbonyl (C=O) groups is 1. The summed E-state index contributed by atoms with van der Waals surface area (Å²) in [6.07, 6.45) is 13.8. The molecule has 9 atom stereocenters. The van der Waals surface area contributed by atoms with E-state index in [9.17, 15) is 9.90 Å². The first kappa shape index (κ1) is 26.7. The molecule has 5 aliphatic rings. The lowest BCUT2D eigenvalue weighted by molar-refractivity contribution is -0.204. The molecular weight excluding hydrogens is 446 g/mol. The van der Waals surface area contributed by atoms with Crippen LogP contribution in [-0.4, -0.2) is 36.3 Å². The second-order valence-corrected chi connectivity index (χ2v) is 15.6. The van der Waals surface area contributed by atoms with Crippen LogP contribution in [0.1, 0.15) is 113 Å². The summed E-state index contributed by atoms with van der Waals surface area (Å²) in [5.41, 5.74) is 2.33. The van der Waals surface area contributed by atoms with Gasteiger partial charge in [-0.15, -0.1) is 0 Å². The number of allylic oxidation sites excluding steroid dienone is 2. The predicted molar refractivity (Wildman–Crippen MR) is 145 cm³/mol. The average molecular weight is 500 g/mol. The monoisotopic (exact) mass is 499 g/mol. The van der Waals surface area contributed by atoms with E-state index in [0.29, 0.717) is 17.8 Å². The molecule has 1 amide bonds. The first-order valence-corrected chi connectivity index (χ1v) is 14.8. The molecule has 204 valence electrons. The molecule has 0 aromatic carbocycles. The van der Waals surface area contributed by atoms with E-state index in [1.165, 1.54) is 30.7 Å². The molecule has 0 bridgehead atoms. The Hall–Kier alpha value is -0.870. The zero-order valence-corrected chi connectivity index (χ0v) is 24.7. The van der Waals surface area contributed by atoms with Crippen LogP contribution in [0.2, 0.25) is 0 Å². The summed E-state index contributed by atoms with van der Waals surface area (Å²) in [6, 6.07) is 0. The molecule has 4 heteroatoms. The topological polar surface area (TPSA) is 49.8 Å². The molecule has 4 fully saturated rings. The third-order valence-electron chi connectivity index (χ3n) is 13.9. The van der Waals surface area contributed by atoms with Gasteiger partial charge >= 0.3 is 0 Å². The Morgan fingerprint density at radius 3 is 2.28 bits per heavy atom. The van der Waals surface area contributed by atoms with Gasteiger partial charge in [0.25, 0.3) is 5.91 Å². The molecular formula is C32H53NO3. The maximum Gasteiger partial charge on any atom is 0.251 e. The summed E-state index contributed by atoms with van der Waals surface area (Å²) in [6.45, 7) is 17.2. The zero-order chi connectivity index (χ0) is 26.5. The molecule has 4 saturated carbocycles. The summed E-state index contributed by atoms with van der Waals surface area (Å²) in [7, 11) is 3.36. The fourth-order valence-corrected chi connectivity index (χ4v) is 11.0. The van der Waals surface area contributed by atoms with E-state index in [4.69, 9.17) is 4.84 Å². The SMILES string of the molecule is CON(C)C(=O)[C@@]1(C)CC[C@]2(C)CC[C@]3(C)C(=CC[C@@H]4[C@@]5(C)CC[C@H](O)C(C)(C)C5CC[C@]43C)[C@@H]2C1. The minimum atomic E-state index is -0.362. The lowest BCUT2D eigenvalue weighted by Crippen LogP contribution is -2.64. The van der Waals surface area contributed by atoms with Gasteiger partial charge in [-0.2, -0.15) is 0 Å². The normalized spacial score (nSPS) is 51.7. The summed E-state index contributed by atoms with van der Waals surface area (Å²) >= 11 is 0. The van der Waals surface area contributed by atoms with Crippen molar-refractivity contribution < 1.29 is 14.7 Å². The highest BCUT2D eigenvalue weighted by Gasteiger charge is 2.68. The minimum absolute atomic E-state index is 0.0106. The Morgan fingerprint density at radius 1 is 0.944 bits per heavy atom. The Bertz CT molecular complexity index is 957. The van der Waals surface area contributed by atoms with Crippen molar-refractivity contribution in [2.45, 2.75) is 119 Å². The van der Waals surface area contributed by atoms with Gasteiger partial charge in [0, 0.05) is 12.5 Å². The van der Waals surface area contributed by atoms with Gasteiger partial charge in [-0.05, 0) is 109 Å². The number of fused-ring (bicyclic) bond motifs is 7. The van der Waals surface area contributed by atoms with Crippen LogP contribution in [0.25, 0.3) is 0 Å². The number of rotatable bonds is 2. The third-order valence-corrected chi connectivity index (χ3v) is 13.9. The lowest BCUT2D eigenvalue weighted by Gasteiger charge is -2.71. The fraction of sp³-hybridized carbons (Fsp3) is 0.906. The van der Waals surface area contributed by atoms with Crippen molar-refractivity contribution in [3.8, 4) is 0 Å². The van der Waals surface area contributed by atoms with Crippen molar-refractivity contribution in [3.63, 3.8) is 0 Å². The van der Waals surface area contributed by atoms with E-state index in [-0.39, 0.29) is 44.5 Å². The van der Waals surface area contributed by atoms with E-state index in [1.54, 1.807) is 19.7 Å². The van der Waals surface area contributed by atoms with E-state index in [2.05, 4.69) is 54.5 Å². The van der Waals surface area contributed by atoms with Gasteiger partial charge in [-0.3, -0.25) is 9.63 Å². The summed E-state index contributed by atoms with van der Waals surface area (Å²) < 4.78 is 0. The third kappa shape index (κ3) is 3.28. The Morgan fingerprint density at radius 2 is 1.61 bits per heavy atom. The molecule has 0 aromatic rings. The van der Waals surface area contributed by atoms with Crippen LogP contribution in [0.3, 0.4) is 0 Å². The maximum atomic E-state index is 13.4. The Kier molecular flexibility index (Phi) is 5.99. The van der Waals surface area contributed by atoms with Crippen LogP contribution in [0.5, 0.6) is 0 Å². The summed E-state index contributed by atoms with van der Waals surface area (Å²) in [5, 5.41) is 12.4. The number of hydrogen-bond acceptors (Lipinski definition) is 3. The Labute approximate surface area is 220 Å². The van der Waals surface area contributed by atoms with Gasteiger partial charge in [0.1, 0.15) is 0 Å². The lowest BCUT2D eigenvalue weighted by atomic mass is 9.33. The van der Waals surface area contributed by atoms with Crippen LogP contribution in [0.4, 0.5) is 0 Å². The van der Waals surface area contributed by atoms with Crippen molar-refractivity contribution in [1.82, 2.24) is 5.06 Å². The van der Waals surface area contributed by atoms with E-state index in [0.717, 1.165) is 38.5 Å². The molecule has 0 aliphatic heterocycles. The molecule has 1 unspecified atom stereocenters. The van der Waals surface area contributed by atoms with Gasteiger partial charge < -0.3 is 5.11 Å². The molecule has 0 aromatic heterocycles. The fourth-order valence-electron chi connectivity index (χ4n) is 11.0. The highest BCUT2D eigenvalue weighted by Crippen LogP contribution is 2.75. The van der Waals surface area contributed by atoms with E-state index >= 15 is 0 Å². The number of aliphatic hydroxyl groups excluding tert-OH is 1. The van der Waals surface area contributed by atoms with Gasteiger partial charge in [-0.1, -0.05) is 60.1 Å². The van der Waals surface area contributed by atoms with Crippen LogP contribution in [0.15, 0.2) is 11.6 Å². The Balaban J connectivity index is 1.54. The summed E-state index contributed by atoms with van der Waals surface area (Å²) in [4.78, 5) is 18.8. The highest BCUT2D eigenvalue weighted by molar-refractivity contribution is 5.81. The predicted octanol–water partition coefficient (Wildman–Crippen LogP) is 7.17. The molecule has 0 heterocycles. The molecule has 36 heavy (non-hydrogen) atoms. The quantitative estimate of drug-likeness (QED) is 0.324. The second kappa shape index (κ2) is 8.07. The standard InChI is InChI=1S/C32H53NO3/c1-27(2)23-12-15-32(7)24(30(23,5)14-13-25(27)34)11-10-21-22-20-29(4,26(35)33(8)36-9)17-16-28(22,3)18-19-31(21,32)6/h10,22-25,34H,11-20H2,1-9H3/t22-,23?,24+,25-,28+,29-,30-,31+,32+/m0/s1. The van der Waals surface area contributed by atoms with Crippen LogP contribution in [0, 0.1) is 50.2 Å². The largest absolute Gasteiger partial charge is 0.393 e. The van der Waals surface area contributed by atoms with E-state index in [1.807, 2.05) is 0 Å². The van der Waals surface area contributed by atoms with Crippen molar-refractivity contribution in [1.29, 1.82) is 0 Å². The van der Waals surface area contributed by atoms with Crippen molar-refractivity contribution in [2.24, 2.45) is 50.2 Å². The molecule has 5 rings (SSSR count). The number of hydroxylamine groups is 2. The summed E-state index contributed by atoms with van der Waals surface area (Å²) in [5.74, 6) is 1.84. The maximum absolute atomic E-state index is 13.4. The minimum Gasteiger partial charge on any atom is -0.393 e. The average Bonchev–Trinajstić information content (AvgIpc) is 2.82. The molecule has 4 nitrogen and oxygen atoms in total. The van der Waals surface area contributed by atoms with Gasteiger partial charge in [0.05, 0.1) is 13.2 Å². The molecule has 5 aliphatic carbocycles. The van der Waals surface area contributed by atoms with Crippen molar-refractivity contribution in [3.05, 3.63) is 11.6 Å². The van der Waals surface area contributed by atoms with Crippen LogP contribution >= 0.6 is 0 Å². The molecule has 0 radical (unpaired) electrons. The molecule has 0 saturated heterocycles. The van der Waals surface area contributed by atoms with Gasteiger partial charge in [-0.25, -0.2) is 5.06 Å². The first-order chi connectivity index (χ1) is 16.6. The van der Waals surface area contributed by atoms with Gasteiger partial charge in [0.15, 0.2) is 0 Å². The molecule has 0 spiro atoms. The number of carbonyl (C=O) groups excluding carboxylic acids is 1. The second-order valence-electron chi connectivity index (χ2n) is 15.6. The van der Waals surface area contributed by atoms with Crippen LogP contribution in [-0.2, 0) is 9.63 Å². The number of aliphatic hydroxyl groups is 1. The number of amides is 1. The first-order valence-electron chi connectivity index (χ1n) is 14.8. The number of hydrogen-bond donors (Lipinski definition) is 1. The number of nitrogens with zero attached hydrogens (tertiary/aromatic N) is 1. The van der Waals surface area contributed by atoms with Crippen molar-refractivity contribution in [2.75, 3.05) is 14.2 Å². The van der Waals surface area contributed by atoms with Gasteiger partial charge in [0.2, 0.25) is 0 Å². The zero-order valence-electron chi connectivity index (χ0n) is 24.7. The smallest absolute Gasteiger partial charge is 0.251 e. The molecule has 1 N–H and O–H groups in total. The highest BCUT2D eigenvalue weighted by atomic mass is 16.7. The van der Waals surface area contributed by atoms with Crippen molar-refractivity contribution >= 4 is 5.91 Å². The van der Waals surface area contributed by atoms with E-state index < -0.39 is 0 Å². The van der Waals surface area contributed by atoms with Crippen LogP contribution < -0.4 is 0 Å².